The fraction of sp³-hybridized carbons (Fsp3) is 0.533. The van der Waals surface area contributed by atoms with Crippen molar-refractivity contribution in [2.45, 2.75) is 55.5 Å². The molecule has 1 aromatic carbocycles. The van der Waals surface area contributed by atoms with Gasteiger partial charge < -0.3 is 11.1 Å². The van der Waals surface area contributed by atoms with E-state index in [-0.39, 0.29) is 16.8 Å². The Hall–Kier alpha value is -1.44. The lowest BCUT2D eigenvalue weighted by Gasteiger charge is -2.33. The summed E-state index contributed by atoms with van der Waals surface area (Å²) in [7, 11) is -3.70. The zero-order valence-corrected chi connectivity index (χ0v) is 13.5. The summed E-state index contributed by atoms with van der Waals surface area (Å²) >= 11 is 0. The maximum absolute atomic E-state index is 12.4. The summed E-state index contributed by atoms with van der Waals surface area (Å²) in [6.45, 7) is 1.84. The first-order chi connectivity index (χ1) is 10.2. The van der Waals surface area contributed by atoms with Gasteiger partial charge in [0.2, 0.25) is 15.9 Å². The lowest BCUT2D eigenvalue weighted by Crippen LogP contribution is -2.55. The van der Waals surface area contributed by atoms with Crippen LogP contribution in [0.5, 0.6) is 0 Å². The van der Waals surface area contributed by atoms with E-state index in [2.05, 4.69) is 5.32 Å². The van der Waals surface area contributed by atoms with E-state index in [1.54, 1.807) is 12.1 Å². The van der Waals surface area contributed by atoms with Crippen molar-refractivity contribution >= 4 is 15.9 Å². The number of carbonyl (C=O) groups is 1. The molecule has 0 aliphatic heterocycles. The molecule has 0 bridgehead atoms. The predicted octanol–water partition coefficient (Wildman–Crippen LogP) is 1.17. The zero-order valence-electron chi connectivity index (χ0n) is 12.7. The lowest BCUT2D eigenvalue weighted by molar-refractivity contribution is -0.128. The van der Waals surface area contributed by atoms with Gasteiger partial charge in [-0.1, -0.05) is 31.4 Å². The van der Waals surface area contributed by atoms with Crippen molar-refractivity contribution in [2.24, 2.45) is 10.9 Å². The largest absolute Gasteiger partial charge is 0.348 e. The summed E-state index contributed by atoms with van der Waals surface area (Å²) < 4.78 is 22.5. The van der Waals surface area contributed by atoms with Crippen LogP contribution in [0.25, 0.3) is 0 Å². The molecule has 6 nitrogen and oxygen atoms in total. The molecule has 1 aliphatic rings. The number of nitrogens with one attached hydrogen (secondary N) is 1. The second-order valence-corrected chi connectivity index (χ2v) is 7.59. The van der Waals surface area contributed by atoms with Crippen LogP contribution in [0.2, 0.25) is 0 Å². The minimum Gasteiger partial charge on any atom is -0.348 e. The Bertz CT molecular complexity index is 635. The minimum atomic E-state index is -3.70. The molecule has 0 saturated heterocycles. The third-order valence-corrected chi connectivity index (χ3v) is 5.18. The van der Waals surface area contributed by atoms with Crippen molar-refractivity contribution in [1.29, 1.82) is 0 Å². The fourth-order valence-corrected chi connectivity index (χ4v) is 3.30. The molecule has 0 aromatic heterocycles. The Kier molecular flexibility index (Phi) is 4.89. The number of nitrogens with two attached hydrogens (primary N) is 2. The van der Waals surface area contributed by atoms with E-state index in [1.165, 1.54) is 12.1 Å². The molecule has 2 rings (SSSR count). The lowest BCUT2D eigenvalue weighted by atomic mass is 9.81. The van der Waals surface area contributed by atoms with Crippen LogP contribution >= 0.6 is 0 Å². The second-order valence-electron chi connectivity index (χ2n) is 6.03. The molecule has 22 heavy (non-hydrogen) atoms. The zero-order chi connectivity index (χ0) is 16.4. The van der Waals surface area contributed by atoms with Crippen molar-refractivity contribution in [3.63, 3.8) is 0 Å². The SMILES string of the molecule is CC(NC(=O)C1(N)CCCCC1)c1ccc(S(N)(=O)=O)cc1. The standard InChI is InChI=1S/C15H23N3O3S/c1-11(12-5-7-13(8-6-12)22(17,20)21)18-14(19)15(16)9-3-2-4-10-15/h5-8,11H,2-4,9-10,16H2,1H3,(H,18,19)(H2,17,20,21). The summed E-state index contributed by atoms with van der Waals surface area (Å²) in [5.41, 5.74) is 6.22. The van der Waals surface area contributed by atoms with Gasteiger partial charge in [-0.05, 0) is 37.5 Å². The molecule has 1 unspecified atom stereocenters. The first-order valence-corrected chi connectivity index (χ1v) is 9.00. The van der Waals surface area contributed by atoms with E-state index in [9.17, 15) is 13.2 Å². The van der Waals surface area contributed by atoms with Crippen LogP contribution in [0.15, 0.2) is 29.2 Å². The van der Waals surface area contributed by atoms with Gasteiger partial charge in [0.05, 0.1) is 16.5 Å². The van der Waals surface area contributed by atoms with Crippen LogP contribution in [-0.2, 0) is 14.8 Å². The maximum atomic E-state index is 12.4. The molecule has 122 valence electrons. The van der Waals surface area contributed by atoms with Crippen LogP contribution in [0.4, 0.5) is 0 Å². The first kappa shape index (κ1) is 16.9. The highest BCUT2D eigenvalue weighted by molar-refractivity contribution is 7.89. The fourth-order valence-electron chi connectivity index (χ4n) is 2.78. The van der Waals surface area contributed by atoms with Crippen LogP contribution in [0.1, 0.15) is 50.6 Å². The Balaban J connectivity index is 2.05. The van der Waals surface area contributed by atoms with Gasteiger partial charge in [-0.15, -0.1) is 0 Å². The molecule has 0 heterocycles. The van der Waals surface area contributed by atoms with E-state index in [4.69, 9.17) is 10.9 Å². The molecule has 1 atom stereocenters. The van der Waals surface area contributed by atoms with Gasteiger partial charge in [0.1, 0.15) is 0 Å². The Morgan fingerprint density at radius 3 is 2.23 bits per heavy atom. The van der Waals surface area contributed by atoms with E-state index in [0.717, 1.165) is 24.8 Å². The van der Waals surface area contributed by atoms with Gasteiger partial charge in [0.15, 0.2) is 0 Å². The van der Waals surface area contributed by atoms with Crippen LogP contribution < -0.4 is 16.2 Å². The smallest absolute Gasteiger partial charge is 0.240 e. The summed E-state index contributed by atoms with van der Waals surface area (Å²) in [5.74, 6) is -0.143. The monoisotopic (exact) mass is 325 g/mol. The number of hydrogen-bond donors (Lipinski definition) is 3. The molecule has 0 spiro atoms. The number of benzene rings is 1. The molecule has 1 amide bonds. The molecular weight excluding hydrogens is 302 g/mol. The van der Waals surface area contributed by atoms with Crippen molar-refractivity contribution in [3.05, 3.63) is 29.8 Å². The van der Waals surface area contributed by atoms with Gasteiger partial charge in [-0.3, -0.25) is 4.79 Å². The number of rotatable bonds is 4. The summed E-state index contributed by atoms with van der Waals surface area (Å²) in [5, 5.41) is 7.98. The molecule has 7 heteroatoms. The van der Waals surface area contributed by atoms with Gasteiger partial charge in [0.25, 0.3) is 0 Å². The second kappa shape index (κ2) is 6.36. The number of sulfonamides is 1. The van der Waals surface area contributed by atoms with Crippen molar-refractivity contribution in [1.82, 2.24) is 5.32 Å². The van der Waals surface area contributed by atoms with Gasteiger partial charge in [0, 0.05) is 0 Å². The van der Waals surface area contributed by atoms with Gasteiger partial charge >= 0.3 is 0 Å². The summed E-state index contributed by atoms with van der Waals surface area (Å²) in [6.07, 6.45) is 4.48. The van der Waals surface area contributed by atoms with Crippen molar-refractivity contribution < 1.29 is 13.2 Å². The maximum Gasteiger partial charge on any atom is 0.240 e. The van der Waals surface area contributed by atoms with E-state index in [0.29, 0.717) is 12.8 Å². The van der Waals surface area contributed by atoms with Crippen LogP contribution in [0.3, 0.4) is 0 Å². The predicted molar refractivity (Wildman–Crippen MR) is 84.4 cm³/mol. The third-order valence-electron chi connectivity index (χ3n) is 4.25. The number of primary sulfonamides is 1. The van der Waals surface area contributed by atoms with E-state index < -0.39 is 15.6 Å². The third kappa shape index (κ3) is 3.85. The summed E-state index contributed by atoms with van der Waals surface area (Å²) in [6, 6.07) is 5.92. The molecular formula is C15H23N3O3S. The van der Waals surface area contributed by atoms with Crippen molar-refractivity contribution in [2.75, 3.05) is 0 Å². The average molecular weight is 325 g/mol. The normalized spacial score (nSPS) is 19.4. The molecule has 1 saturated carbocycles. The molecule has 1 fully saturated rings. The minimum absolute atomic E-state index is 0.0531. The van der Waals surface area contributed by atoms with Gasteiger partial charge in [-0.25, -0.2) is 13.6 Å². The Labute approximate surface area is 131 Å². The topological polar surface area (TPSA) is 115 Å². The molecule has 5 N–H and O–H groups in total. The highest BCUT2D eigenvalue weighted by atomic mass is 32.2. The average Bonchev–Trinajstić information content (AvgIpc) is 2.47. The highest BCUT2D eigenvalue weighted by Crippen LogP contribution is 2.27. The quantitative estimate of drug-likeness (QED) is 0.770. The van der Waals surface area contributed by atoms with E-state index >= 15 is 0 Å². The molecule has 1 aliphatic carbocycles. The Morgan fingerprint density at radius 2 is 1.73 bits per heavy atom. The highest BCUT2D eigenvalue weighted by Gasteiger charge is 2.35. The molecule has 1 aromatic rings. The van der Waals surface area contributed by atoms with Crippen LogP contribution in [-0.4, -0.2) is 19.9 Å². The van der Waals surface area contributed by atoms with E-state index in [1.807, 2.05) is 6.92 Å². The first-order valence-electron chi connectivity index (χ1n) is 7.45. The number of carbonyl (C=O) groups excluding carboxylic acids is 1. The molecule has 0 radical (unpaired) electrons. The summed E-state index contributed by atoms with van der Waals surface area (Å²) in [4.78, 5) is 12.4. The number of amides is 1. The van der Waals surface area contributed by atoms with Crippen molar-refractivity contribution in [3.8, 4) is 0 Å². The Morgan fingerprint density at radius 1 is 1.18 bits per heavy atom. The van der Waals surface area contributed by atoms with Gasteiger partial charge in [-0.2, -0.15) is 0 Å². The van der Waals surface area contributed by atoms with Crippen LogP contribution in [0, 0.1) is 0 Å². The number of hydrogen-bond acceptors (Lipinski definition) is 4.